The van der Waals surface area contributed by atoms with E-state index in [0.717, 1.165) is 12.1 Å². The highest BCUT2D eigenvalue weighted by molar-refractivity contribution is 7.89. The van der Waals surface area contributed by atoms with Gasteiger partial charge < -0.3 is 4.90 Å². The van der Waals surface area contributed by atoms with Crippen LogP contribution in [0, 0.1) is 0 Å². The second-order valence-corrected chi connectivity index (χ2v) is 7.87. The Bertz CT molecular complexity index is 753. The Labute approximate surface area is 142 Å². The number of tetrazole rings is 1. The number of benzene rings is 1. The van der Waals surface area contributed by atoms with Crippen molar-refractivity contribution in [3.63, 3.8) is 0 Å². The average Bonchev–Trinajstić information content (AvgIpc) is 3.11. The van der Waals surface area contributed by atoms with E-state index >= 15 is 0 Å². The third-order valence-electron chi connectivity index (χ3n) is 4.12. The van der Waals surface area contributed by atoms with Gasteiger partial charge in [-0.15, -0.1) is 0 Å². The summed E-state index contributed by atoms with van der Waals surface area (Å²) in [5.41, 5.74) is 0.885. The number of hydrogen-bond acceptors (Lipinski definition) is 6. The zero-order valence-corrected chi connectivity index (χ0v) is 14.6. The van der Waals surface area contributed by atoms with E-state index in [1.54, 1.807) is 8.99 Å². The summed E-state index contributed by atoms with van der Waals surface area (Å²) in [7, 11) is -3.15. The second kappa shape index (κ2) is 7.27. The van der Waals surface area contributed by atoms with Crippen LogP contribution in [0.25, 0.3) is 5.69 Å². The molecule has 0 radical (unpaired) electrons. The summed E-state index contributed by atoms with van der Waals surface area (Å²) in [4.78, 5) is 2.03. The molecular weight excluding hydrogens is 328 g/mol. The van der Waals surface area contributed by atoms with Crippen molar-refractivity contribution in [2.24, 2.45) is 0 Å². The molecule has 0 atom stereocenters. The SMILES string of the molecule is CCCCS(=O)(=O)N1CCN(c2nnnn2-c2ccccc2)CC1. The van der Waals surface area contributed by atoms with E-state index in [4.69, 9.17) is 0 Å². The molecule has 1 aliphatic rings. The Hall–Kier alpha value is -2.00. The number of piperazine rings is 1. The maximum atomic E-state index is 12.3. The van der Waals surface area contributed by atoms with Gasteiger partial charge in [-0.3, -0.25) is 0 Å². The summed E-state index contributed by atoms with van der Waals surface area (Å²) >= 11 is 0. The van der Waals surface area contributed by atoms with Gasteiger partial charge in [0.05, 0.1) is 11.4 Å². The van der Waals surface area contributed by atoms with Gasteiger partial charge in [0.1, 0.15) is 0 Å². The standard InChI is InChI=1S/C15H22N6O2S/c1-2-3-13-24(22,23)20-11-9-19(10-12-20)15-16-17-18-21(15)14-7-5-4-6-8-14/h4-8H,2-3,9-13H2,1H3. The van der Waals surface area contributed by atoms with E-state index in [0.29, 0.717) is 38.5 Å². The molecule has 1 aromatic heterocycles. The van der Waals surface area contributed by atoms with Crippen molar-refractivity contribution in [2.75, 3.05) is 36.8 Å². The van der Waals surface area contributed by atoms with Crippen molar-refractivity contribution in [1.29, 1.82) is 0 Å². The van der Waals surface area contributed by atoms with Gasteiger partial charge in [-0.25, -0.2) is 8.42 Å². The van der Waals surface area contributed by atoms with Gasteiger partial charge in [-0.2, -0.15) is 8.99 Å². The lowest BCUT2D eigenvalue weighted by molar-refractivity contribution is 0.381. The average molecular weight is 350 g/mol. The first-order valence-corrected chi connectivity index (χ1v) is 9.79. The van der Waals surface area contributed by atoms with Crippen LogP contribution in [-0.4, -0.2) is 64.9 Å². The molecule has 9 heteroatoms. The van der Waals surface area contributed by atoms with E-state index in [-0.39, 0.29) is 5.75 Å². The molecule has 1 saturated heterocycles. The van der Waals surface area contributed by atoms with Crippen molar-refractivity contribution in [3.05, 3.63) is 30.3 Å². The van der Waals surface area contributed by atoms with Crippen molar-refractivity contribution >= 4 is 16.0 Å². The first-order valence-electron chi connectivity index (χ1n) is 8.18. The Morgan fingerprint density at radius 1 is 1.08 bits per heavy atom. The van der Waals surface area contributed by atoms with E-state index in [2.05, 4.69) is 15.5 Å². The molecule has 1 aromatic carbocycles. The Morgan fingerprint density at radius 3 is 2.46 bits per heavy atom. The smallest absolute Gasteiger partial charge is 0.250 e. The summed E-state index contributed by atoms with van der Waals surface area (Å²) in [5.74, 6) is 0.873. The van der Waals surface area contributed by atoms with Crippen LogP contribution < -0.4 is 4.90 Å². The van der Waals surface area contributed by atoms with Crippen molar-refractivity contribution in [1.82, 2.24) is 24.5 Å². The monoisotopic (exact) mass is 350 g/mol. The van der Waals surface area contributed by atoms with E-state index in [1.807, 2.05) is 42.2 Å². The fraction of sp³-hybridized carbons (Fsp3) is 0.533. The van der Waals surface area contributed by atoms with Gasteiger partial charge in [-0.1, -0.05) is 36.6 Å². The summed E-state index contributed by atoms with van der Waals surface area (Å²) in [6.07, 6.45) is 1.58. The van der Waals surface area contributed by atoms with Crippen LogP contribution in [-0.2, 0) is 10.0 Å². The Morgan fingerprint density at radius 2 is 1.79 bits per heavy atom. The molecule has 2 aromatic rings. The second-order valence-electron chi connectivity index (χ2n) is 5.78. The third kappa shape index (κ3) is 3.57. The zero-order valence-electron chi connectivity index (χ0n) is 13.7. The van der Waals surface area contributed by atoms with Gasteiger partial charge in [0, 0.05) is 26.2 Å². The minimum atomic E-state index is -3.15. The molecule has 8 nitrogen and oxygen atoms in total. The van der Waals surface area contributed by atoms with Crippen molar-refractivity contribution in [2.45, 2.75) is 19.8 Å². The first-order chi connectivity index (χ1) is 11.6. The van der Waals surface area contributed by atoms with Crippen LogP contribution in [0.3, 0.4) is 0 Å². The zero-order chi connectivity index (χ0) is 17.0. The van der Waals surface area contributed by atoms with Gasteiger partial charge in [0.2, 0.25) is 16.0 Å². The number of para-hydroxylation sites is 1. The van der Waals surface area contributed by atoms with Crippen LogP contribution in [0.1, 0.15) is 19.8 Å². The molecule has 2 heterocycles. The molecule has 24 heavy (non-hydrogen) atoms. The maximum absolute atomic E-state index is 12.3. The largest absolute Gasteiger partial charge is 0.337 e. The van der Waals surface area contributed by atoms with Crippen molar-refractivity contribution in [3.8, 4) is 5.69 Å². The predicted molar refractivity (Wildman–Crippen MR) is 91.6 cm³/mol. The molecular formula is C15H22N6O2S. The number of rotatable bonds is 6. The maximum Gasteiger partial charge on any atom is 0.250 e. The highest BCUT2D eigenvalue weighted by Crippen LogP contribution is 2.18. The lowest BCUT2D eigenvalue weighted by Gasteiger charge is -2.34. The number of anilines is 1. The van der Waals surface area contributed by atoms with E-state index < -0.39 is 10.0 Å². The Kier molecular flexibility index (Phi) is 5.10. The van der Waals surface area contributed by atoms with Gasteiger partial charge in [0.25, 0.3) is 0 Å². The number of aromatic nitrogens is 4. The van der Waals surface area contributed by atoms with Gasteiger partial charge in [-0.05, 0) is 29.0 Å². The molecule has 1 aliphatic heterocycles. The summed E-state index contributed by atoms with van der Waals surface area (Å²) in [5, 5.41) is 11.9. The van der Waals surface area contributed by atoms with Crippen LogP contribution in [0.2, 0.25) is 0 Å². The summed E-state index contributed by atoms with van der Waals surface area (Å²) in [6, 6.07) is 9.67. The number of unbranched alkanes of at least 4 members (excludes halogenated alkanes) is 1. The molecule has 0 bridgehead atoms. The van der Waals surface area contributed by atoms with Crippen LogP contribution in [0.5, 0.6) is 0 Å². The molecule has 0 N–H and O–H groups in total. The fourth-order valence-electron chi connectivity index (χ4n) is 2.74. The minimum absolute atomic E-state index is 0.227. The quantitative estimate of drug-likeness (QED) is 0.770. The van der Waals surface area contributed by atoms with Crippen LogP contribution >= 0.6 is 0 Å². The molecule has 0 unspecified atom stereocenters. The fourth-order valence-corrected chi connectivity index (χ4v) is 4.37. The number of hydrogen-bond donors (Lipinski definition) is 0. The molecule has 1 fully saturated rings. The van der Waals surface area contributed by atoms with Gasteiger partial charge in [0.15, 0.2) is 0 Å². The topological polar surface area (TPSA) is 84.2 Å². The molecule has 0 spiro atoms. The Balaban J connectivity index is 1.69. The number of nitrogens with zero attached hydrogens (tertiary/aromatic N) is 6. The van der Waals surface area contributed by atoms with Crippen LogP contribution in [0.4, 0.5) is 5.95 Å². The van der Waals surface area contributed by atoms with E-state index in [1.165, 1.54) is 0 Å². The summed E-state index contributed by atoms with van der Waals surface area (Å²) in [6.45, 7) is 4.09. The molecule has 0 saturated carbocycles. The third-order valence-corrected chi connectivity index (χ3v) is 6.08. The minimum Gasteiger partial charge on any atom is -0.337 e. The lowest BCUT2D eigenvalue weighted by atomic mass is 10.3. The van der Waals surface area contributed by atoms with Crippen LogP contribution in [0.15, 0.2) is 30.3 Å². The van der Waals surface area contributed by atoms with E-state index in [9.17, 15) is 8.42 Å². The highest BCUT2D eigenvalue weighted by atomic mass is 32.2. The number of sulfonamides is 1. The lowest BCUT2D eigenvalue weighted by Crippen LogP contribution is -2.50. The molecule has 0 amide bonds. The predicted octanol–water partition coefficient (Wildman–Crippen LogP) is 0.914. The first kappa shape index (κ1) is 16.8. The van der Waals surface area contributed by atoms with Gasteiger partial charge >= 0.3 is 0 Å². The normalized spacial score (nSPS) is 16.5. The molecule has 3 rings (SSSR count). The van der Waals surface area contributed by atoms with Crippen molar-refractivity contribution < 1.29 is 8.42 Å². The molecule has 0 aliphatic carbocycles. The highest BCUT2D eigenvalue weighted by Gasteiger charge is 2.28. The summed E-state index contributed by atoms with van der Waals surface area (Å²) < 4.78 is 27.8. The molecule has 130 valence electrons.